The lowest BCUT2D eigenvalue weighted by Gasteiger charge is -2.17. The molecule has 0 aromatic heterocycles. The third kappa shape index (κ3) is 3.11. The monoisotopic (exact) mass is 348 g/mol. The number of para-hydroxylation sites is 1. The fraction of sp³-hybridized carbons (Fsp3) is 0.0952. The zero-order chi connectivity index (χ0) is 18.1. The second-order valence-corrected chi connectivity index (χ2v) is 6.30. The van der Waals surface area contributed by atoms with Crippen LogP contribution < -0.4 is 10.2 Å². The maximum atomic E-state index is 13.5. The van der Waals surface area contributed by atoms with Crippen molar-refractivity contribution in [3.05, 3.63) is 89.2 Å². The number of anilines is 3. The predicted molar refractivity (Wildman–Crippen MR) is 99.4 cm³/mol. The molecule has 1 aliphatic heterocycles. The maximum absolute atomic E-state index is 13.5. The van der Waals surface area contributed by atoms with Crippen molar-refractivity contribution in [2.24, 2.45) is 0 Å². The number of nitrogens with zero attached hydrogens (tertiary/aromatic N) is 1. The second kappa shape index (κ2) is 6.52. The highest BCUT2D eigenvalue weighted by atomic mass is 19.1. The normalized spacial score (nSPS) is 12.7. The summed E-state index contributed by atoms with van der Waals surface area (Å²) in [6.45, 7) is 1.42. The molecule has 2 N–H and O–H groups in total. The number of fused-ring (bicyclic) bond motifs is 1. The Labute approximate surface area is 150 Å². The zero-order valence-corrected chi connectivity index (χ0v) is 13.9. The first kappa shape index (κ1) is 16.1. The van der Waals surface area contributed by atoms with Gasteiger partial charge in [-0.1, -0.05) is 24.3 Å². The molecule has 0 saturated carbocycles. The molecule has 3 aromatic carbocycles. The van der Waals surface area contributed by atoms with Crippen molar-refractivity contribution in [1.82, 2.24) is 0 Å². The van der Waals surface area contributed by atoms with Gasteiger partial charge in [0.2, 0.25) is 0 Å². The van der Waals surface area contributed by atoms with Gasteiger partial charge >= 0.3 is 5.97 Å². The van der Waals surface area contributed by atoms with E-state index in [-0.39, 0.29) is 11.4 Å². The lowest BCUT2D eigenvalue weighted by molar-refractivity contribution is 0.0698. The Hall–Kier alpha value is -3.34. The second-order valence-electron chi connectivity index (χ2n) is 6.30. The van der Waals surface area contributed by atoms with Crippen molar-refractivity contribution in [3.63, 3.8) is 0 Å². The van der Waals surface area contributed by atoms with Crippen LogP contribution in [0.15, 0.2) is 66.7 Å². The highest BCUT2D eigenvalue weighted by Gasteiger charge is 2.20. The van der Waals surface area contributed by atoms with Gasteiger partial charge in [0.15, 0.2) is 0 Å². The van der Waals surface area contributed by atoms with Crippen LogP contribution in [0, 0.1) is 5.82 Å². The minimum atomic E-state index is -0.966. The lowest BCUT2D eigenvalue weighted by Crippen LogP contribution is -2.14. The van der Waals surface area contributed by atoms with Gasteiger partial charge in [-0.3, -0.25) is 0 Å². The molecule has 4 rings (SSSR count). The number of carboxylic acid groups (broad SMARTS) is 1. The molecule has 1 heterocycles. The summed E-state index contributed by atoms with van der Waals surface area (Å²) in [5, 5.41) is 12.5. The molecule has 0 bridgehead atoms. The van der Waals surface area contributed by atoms with Gasteiger partial charge < -0.3 is 15.3 Å². The number of carboxylic acids is 1. The van der Waals surface area contributed by atoms with Crippen LogP contribution in [0.2, 0.25) is 0 Å². The van der Waals surface area contributed by atoms with E-state index in [4.69, 9.17) is 0 Å². The van der Waals surface area contributed by atoms with E-state index in [1.165, 1.54) is 17.7 Å². The summed E-state index contributed by atoms with van der Waals surface area (Å²) in [6.07, 6.45) is 0. The molecule has 0 fully saturated rings. The van der Waals surface area contributed by atoms with Crippen molar-refractivity contribution in [2.75, 3.05) is 10.2 Å². The van der Waals surface area contributed by atoms with E-state index in [9.17, 15) is 14.3 Å². The molecule has 1 aliphatic rings. The fourth-order valence-corrected chi connectivity index (χ4v) is 3.26. The summed E-state index contributed by atoms with van der Waals surface area (Å²) in [4.78, 5) is 13.5. The zero-order valence-electron chi connectivity index (χ0n) is 13.9. The Morgan fingerprint density at radius 3 is 2.58 bits per heavy atom. The molecule has 26 heavy (non-hydrogen) atoms. The summed E-state index contributed by atoms with van der Waals surface area (Å²) >= 11 is 0. The molecular weight excluding hydrogens is 331 g/mol. The van der Waals surface area contributed by atoms with Crippen LogP contribution in [-0.4, -0.2) is 11.1 Å². The van der Waals surface area contributed by atoms with Crippen LogP contribution in [0.4, 0.5) is 21.5 Å². The summed E-state index contributed by atoms with van der Waals surface area (Å²) in [5.74, 6) is -1.21. The molecule has 4 nitrogen and oxygen atoms in total. The van der Waals surface area contributed by atoms with E-state index in [0.29, 0.717) is 12.2 Å². The molecule has 0 saturated heterocycles. The molecular formula is C21H17FN2O2. The van der Waals surface area contributed by atoms with Crippen LogP contribution >= 0.6 is 0 Å². The Balaban J connectivity index is 1.57. The van der Waals surface area contributed by atoms with Crippen LogP contribution in [0.1, 0.15) is 21.5 Å². The first-order valence-electron chi connectivity index (χ1n) is 8.32. The van der Waals surface area contributed by atoms with Gasteiger partial charge in [-0.15, -0.1) is 0 Å². The number of halogens is 1. The first-order chi connectivity index (χ1) is 12.6. The van der Waals surface area contributed by atoms with E-state index in [2.05, 4.69) is 10.2 Å². The third-order valence-corrected chi connectivity index (χ3v) is 4.54. The van der Waals surface area contributed by atoms with E-state index in [1.807, 2.05) is 24.3 Å². The summed E-state index contributed by atoms with van der Waals surface area (Å²) in [6, 6.07) is 19.4. The van der Waals surface area contributed by atoms with E-state index >= 15 is 0 Å². The maximum Gasteiger partial charge on any atom is 0.337 e. The van der Waals surface area contributed by atoms with E-state index in [1.54, 1.807) is 30.3 Å². The smallest absolute Gasteiger partial charge is 0.337 e. The molecule has 0 amide bonds. The number of hydrogen-bond acceptors (Lipinski definition) is 3. The average Bonchev–Trinajstić information content (AvgIpc) is 3.05. The highest BCUT2D eigenvalue weighted by Crippen LogP contribution is 2.31. The molecule has 130 valence electrons. The van der Waals surface area contributed by atoms with Crippen molar-refractivity contribution >= 4 is 23.0 Å². The Kier molecular flexibility index (Phi) is 4.05. The largest absolute Gasteiger partial charge is 0.478 e. The molecule has 0 aliphatic carbocycles. The summed E-state index contributed by atoms with van der Waals surface area (Å²) in [7, 11) is 0. The Bertz CT molecular complexity index is 987. The predicted octanol–water partition coefficient (Wildman–Crippen LogP) is 4.79. The van der Waals surface area contributed by atoms with Crippen molar-refractivity contribution in [1.29, 1.82) is 0 Å². The van der Waals surface area contributed by atoms with Crippen LogP contribution in [0.5, 0.6) is 0 Å². The van der Waals surface area contributed by atoms with Crippen LogP contribution in [0.25, 0.3) is 0 Å². The Morgan fingerprint density at radius 2 is 1.77 bits per heavy atom. The average molecular weight is 348 g/mol. The molecule has 0 spiro atoms. The highest BCUT2D eigenvalue weighted by molar-refractivity contribution is 5.95. The summed E-state index contributed by atoms with van der Waals surface area (Å²) in [5.41, 5.74) is 4.80. The van der Waals surface area contributed by atoms with Gasteiger partial charge in [0.05, 0.1) is 11.3 Å². The standard InChI is InChI=1S/C21H17FN2O2/c22-16-4-3-5-18(11-16)24-12-14-8-9-17(10-15(14)13-24)23-20-7-2-1-6-19(20)21(25)26/h1-11,23H,12-13H2,(H,25,26). The number of carbonyl (C=O) groups is 1. The topological polar surface area (TPSA) is 52.6 Å². The molecule has 0 atom stereocenters. The van der Waals surface area contributed by atoms with E-state index in [0.717, 1.165) is 23.5 Å². The van der Waals surface area contributed by atoms with Gasteiger partial charge in [-0.25, -0.2) is 9.18 Å². The lowest BCUT2D eigenvalue weighted by atomic mass is 10.1. The molecule has 0 radical (unpaired) electrons. The molecule has 0 unspecified atom stereocenters. The number of rotatable bonds is 4. The first-order valence-corrected chi connectivity index (χ1v) is 8.32. The van der Waals surface area contributed by atoms with Crippen molar-refractivity contribution in [2.45, 2.75) is 13.1 Å². The SMILES string of the molecule is O=C(O)c1ccccc1Nc1ccc2c(c1)CN(c1cccc(F)c1)C2. The third-order valence-electron chi connectivity index (χ3n) is 4.54. The van der Waals surface area contributed by atoms with Gasteiger partial charge in [-0.2, -0.15) is 0 Å². The number of hydrogen-bond donors (Lipinski definition) is 2. The van der Waals surface area contributed by atoms with Crippen molar-refractivity contribution in [3.8, 4) is 0 Å². The van der Waals surface area contributed by atoms with Crippen molar-refractivity contribution < 1.29 is 14.3 Å². The molecule has 3 aromatic rings. The number of nitrogens with one attached hydrogen (secondary N) is 1. The van der Waals surface area contributed by atoms with Gasteiger partial charge in [0, 0.05) is 24.5 Å². The minimum Gasteiger partial charge on any atom is -0.478 e. The van der Waals surface area contributed by atoms with Gasteiger partial charge in [-0.05, 0) is 53.6 Å². The minimum absolute atomic E-state index is 0.231. The van der Waals surface area contributed by atoms with Crippen LogP contribution in [-0.2, 0) is 13.1 Å². The summed E-state index contributed by atoms with van der Waals surface area (Å²) < 4.78 is 13.5. The van der Waals surface area contributed by atoms with Gasteiger partial charge in [0.1, 0.15) is 5.82 Å². The number of benzene rings is 3. The van der Waals surface area contributed by atoms with E-state index < -0.39 is 5.97 Å². The quantitative estimate of drug-likeness (QED) is 0.712. The number of aromatic carboxylic acids is 1. The fourth-order valence-electron chi connectivity index (χ4n) is 3.26. The van der Waals surface area contributed by atoms with Gasteiger partial charge in [0.25, 0.3) is 0 Å². The van der Waals surface area contributed by atoms with Crippen LogP contribution in [0.3, 0.4) is 0 Å². The Morgan fingerprint density at radius 1 is 0.962 bits per heavy atom. The molecule has 5 heteroatoms.